The maximum absolute atomic E-state index is 12.1. The second-order valence-electron chi connectivity index (χ2n) is 5.20. The minimum Gasteiger partial charge on any atom is -0.494 e. The fraction of sp³-hybridized carbons (Fsp3) is 0.250. The van der Waals surface area contributed by atoms with Gasteiger partial charge in [0.2, 0.25) is 0 Å². The predicted octanol–water partition coefficient (Wildman–Crippen LogP) is 0.569. The second kappa shape index (κ2) is 7.95. The molecule has 0 radical (unpaired) electrons. The summed E-state index contributed by atoms with van der Waals surface area (Å²) in [5.74, 6) is -0.995. The number of aliphatic carboxylic acids is 1. The Morgan fingerprint density at radius 2 is 1.92 bits per heavy atom. The fourth-order valence-electron chi connectivity index (χ4n) is 1.97. The molecule has 0 aliphatic heterocycles. The third-order valence-corrected chi connectivity index (χ3v) is 3.34. The van der Waals surface area contributed by atoms with Crippen molar-refractivity contribution in [3.63, 3.8) is 0 Å². The topological polar surface area (TPSA) is 130 Å². The van der Waals surface area contributed by atoms with E-state index in [9.17, 15) is 19.2 Å². The Balaban J connectivity index is 1.98. The number of carbonyl (C=O) groups is 2. The van der Waals surface area contributed by atoms with Gasteiger partial charge in [-0.15, -0.1) is 0 Å². The van der Waals surface area contributed by atoms with Crippen LogP contribution in [0.15, 0.2) is 40.1 Å². The van der Waals surface area contributed by atoms with Crippen molar-refractivity contribution in [3.05, 3.63) is 56.9 Å². The van der Waals surface area contributed by atoms with Gasteiger partial charge in [-0.2, -0.15) is 0 Å². The molecule has 132 valence electrons. The SMILES string of the molecule is Cn1c(=O)[nH]cc(C(=O)Nc2ccc(OCCCC(=O)O)cc2)c1=O. The van der Waals surface area contributed by atoms with E-state index >= 15 is 0 Å². The van der Waals surface area contributed by atoms with Gasteiger partial charge in [-0.25, -0.2) is 4.79 Å². The van der Waals surface area contributed by atoms with Gasteiger partial charge in [0.1, 0.15) is 11.3 Å². The molecule has 1 aromatic carbocycles. The molecule has 0 aliphatic carbocycles. The molecule has 9 nitrogen and oxygen atoms in total. The van der Waals surface area contributed by atoms with Crippen molar-refractivity contribution < 1.29 is 19.4 Å². The number of nitrogens with one attached hydrogen (secondary N) is 2. The molecule has 0 saturated heterocycles. The van der Waals surface area contributed by atoms with Gasteiger partial charge in [0.05, 0.1) is 6.61 Å². The van der Waals surface area contributed by atoms with Crippen LogP contribution in [0.5, 0.6) is 5.75 Å². The molecule has 0 saturated carbocycles. The summed E-state index contributed by atoms with van der Waals surface area (Å²) in [6.45, 7) is 0.269. The lowest BCUT2D eigenvalue weighted by atomic mass is 10.2. The Bertz CT molecular complexity index is 882. The number of amides is 1. The van der Waals surface area contributed by atoms with Crippen molar-refractivity contribution in [3.8, 4) is 5.75 Å². The van der Waals surface area contributed by atoms with E-state index < -0.39 is 23.1 Å². The van der Waals surface area contributed by atoms with Crippen molar-refractivity contribution >= 4 is 17.6 Å². The maximum Gasteiger partial charge on any atom is 0.328 e. The first-order valence-corrected chi connectivity index (χ1v) is 7.43. The molecule has 0 spiro atoms. The molecule has 0 bridgehead atoms. The molecule has 2 aromatic rings. The highest BCUT2D eigenvalue weighted by Gasteiger charge is 2.13. The first-order valence-electron chi connectivity index (χ1n) is 7.43. The average molecular weight is 347 g/mol. The third-order valence-electron chi connectivity index (χ3n) is 3.34. The molecule has 1 amide bonds. The largest absolute Gasteiger partial charge is 0.494 e. The molecule has 25 heavy (non-hydrogen) atoms. The molecule has 3 N–H and O–H groups in total. The van der Waals surface area contributed by atoms with Gasteiger partial charge in [0.15, 0.2) is 0 Å². The van der Waals surface area contributed by atoms with Gasteiger partial charge in [-0.05, 0) is 30.7 Å². The number of hydrogen-bond donors (Lipinski definition) is 3. The van der Waals surface area contributed by atoms with E-state index in [1.54, 1.807) is 24.3 Å². The minimum atomic E-state index is -0.880. The number of aromatic amines is 1. The number of aromatic nitrogens is 2. The summed E-state index contributed by atoms with van der Waals surface area (Å²) in [5, 5.41) is 11.1. The number of ether oxygens (including phenoxy) is 1. The number of H-pyrrole nitrogens is 1. The van der Waals surface area contributed by atoms with Crippen LogP contribution >= 0.6 is 0 Å². The lowest BCUT2D eigenvalue weighted by Crippen LogP contribution is -2.37. The Kier molecular flexibility index (Phi) is 5.72. The number of nitrogens with zero attached hydrogens (tertiary/aromatic N) is 1. The zero-order valence-corrected chi connectivity index (χ0v) is 13.4. The number of carbonyl (C=O) groups excluding carboxylic acids is 1. The highest BCUT2D eigenvalue weighted by molar-refractivity contribution is 6.03. The van der Waals surface area contributed by atoms with E-state index in [2.05, 4.69) is 10.3 Å². The van der Waals surface area contributed by atoms with E-state index in [1.807, 2.05) is 0 Å². The van der Waals surface area contributed by atoms with E-state index in [1.165, 1.54) is 7.05 Å². The van der Waals surface area contributed by atoms with Crippen LogP contribution in [0.1, 0.15) is 23.2 Å². The third kappa shape index (κ3) is 4.80. The smallest absolute Gasteiger partial charge is 0.328 e. The van der Waals surface area contributed by atoms with E-state index in [4.69, 9.17) is 9.84 Å². The highest BCUT2D eigenvalue weighted by Crippen LogP contribution is 2.16. The normalized spacial score (nSPS) is 10.3. The summed E-state index contributed by atoms with van der Waals surface area (Å²) in [6.07, 6.45) is 1.49. The Labute approximate surface area is 141 Å². The zero-order chi connectivity index (χ0) is 18.4. The van der Waals surface area contributed by atoms with Crippen molar-refractivity contribution in [1.82, 2.24) is 9.55 Å². The molecule has 9 heteroatoms. The van der Waals surface area contributed by atoms with E-state index in [0.717, 1.165) is 10.8 Å². The monoisotopic (exact) mass is 347 g/mol. The fourth-order valence-corrected chi connectivity index (χ4v) is 1.97. The minimum absolute atomic E-state index is 0.0300. The van der Waals surface area contributed by atoms with Crippen LogP contribution in [0.4, 0.5) is 5.69 Å². The Morgan fingerprint density at radius 3 is 2.56 bits per heavy atom. The molecule has 0 aliphatic rings. The Hall–Kier alpha value is -3.36. The molecular formula is C16H17N3O6. The first kappa shape index (κ1) is 18.0. The summed E-state index contributed by atoms with van der Waals surface area (Å²) in [4.78, 5) is 48.0. The van der Waals surface area contributed by atoms with Gasteiger partial charge >= 0.3 is 11.7 Å². The molecule has 0 atom stereocenters. The van der Waals surface area contributed by atoms with Crippen LogP contribution < -0.4 is 21.3 Å². The van der Waals surface area contributed by atoms with Crippen LogP contribution in [0.25, 0.3) is 0 Å². The number of carboxylic acid groups (broad SMARTS) is 1. The molecule has 1 aromatic heterocycles. The number of anilines is 1. The number of benzene rings is 1. The first-order chi connectivity index (χ1) is 11.9. The molecular weight excluding hydrogens is 330 g/mol. The summed E-state index contributed by atoms with van der Waals surface area (Å²) in [7, 11) is 1.27. The van der Waals surface area contributed by atoms with Crippen molar-refractivity contribution in [1.29, 1.82) is 0 Å². The van der Waals surface area contributed by atoms with Gasteiger partial charge < -0.3 is 20.1 Å². The van der Waals surface area contributed by atoms with Crippen LogP contribution in [0.3, 0.4) is 0 Å². The molecule has 0 fully saturated rings. The zero-order valence-electron chi connectivity index (χ0n) is 13.4. The summed E-state index contributed by atoms with van der Waals surface area (Å²) in [5.41, 5.74) is -1.04. The average Bonchev–Trinajstić information content (AvgIpc) is 2.58. The van der Waals surface area contributed by atoms with Gasteiger partial charge in [0, 0.05) is 25.4 Å². The molecule has 0 unspecified atom stereocenters. The van der Waals surface area contributed by atoms with E-state index in [0.29, 0.717) is 17.9 Å². The second-order valence-corrected chi connectivity index (χ2v) is 5.20. The maximum atomic E-state index is 12.1. The number of carboxylic acids is 1. The van der Waals surface area contributed by atoms with Crippen LogP contribution in [-0.2, 0) is 11.8 Å². The summed E-state index contributed by atoms with van der Waals surface area (Å²) < 4.78 is 6.19. The van der Waals surface area contributed by atoms with E-state index in [-0.39, 0.29) is 18.6 Å². The van der Waals surface area contributed by atoms with Crippen LogP contribution in [0.2, 0.25) is 0 Å². The van der Waals surface area contributed by atoms with Crippen molar-refractivity contribution in [2.24, 2.45) is 7.05 Å². The quantitative estimate of drug-likeness (QED) is 0.628. The van der Waals surface area contributed by atoms with Gasteiger partial charge in [-0.3, -0.25) is 19.0 Å². The number of rotatable bonds is 7. The summed E-state index contributed by atoms with van der Waals surface area (Å²) in [6, 6.07) is 6.39. The highest BCUT2D eigenvalue weighted by atomic mass is 16.5. The Morgan fingerprint density at radius 1 is 1.24 bits per heavy atom. The van der Waals surface area contributed by atoms with Crippen molar-refractivity contribution in [2.45, 2.75) is 12.8 Å². The van der Waals surface area contributed by atoms with Crippen LogP contribution in [-0.4, -0.2) is 33.1 Å². The standard InChI is InChI=1S/C16H17N3O6/c1-19-15(23)12(9-17-16(19)24)14(22)18-10-4-6-11(7-5-10)25-8-2-3-13(20)21/h4-7,9H,2-3,8H2,1H3,(H,17,24)(H,18,22)(H,20,21). The van der Waals surface area contributed by atoms with Crippen molar-refractivity contribution in [2.75, 3.05) is 11.9 Å². The van der Waals surface area contributed by atoms with Crippen LogP contribution in [0, 0.1) is 0 Å². The number of hydrogen-bond acceptors (Lipinski definition) is 5. The molecule has 2 rings (SSSR count). The lowest BCUT2D eigenvalue weighted by molar-refractivity contribution is -0.137. The van der Waals surface area contributed by atoms with Gasteiger partial charge in [0.25, 0.3) is 11.5 Å². The summed E-state index contributed by atoms with van der Waals surface area (Å²) >= 11 is 0. The molecule has 1 heterocycles. The van der Waals surface area contributed by atoms with Gasteiger partial charge in [-0.1, -0.05) is 0 Å². The predicted molar refractivity (Wildman–Crippen MR) is 89.1 cm³/mol. The lowest BCUT2D eigenvalue weighted by Gasteiger charge is -2.08.